The van der Waals surface area contributed by atoms with Crippen molar-refractivity contribution in [3.8, 4) is 11.5 Å². The minimum atomic E-state index is -1.21. The molecule has 0 aliphatic rings. The zero-order valence-electron chi connectivity index (χ0n) is 10.1. The summed E-state index contributed by atoms with van der Waals surface area (Å²) < 4.78 is 0. The molecular weight excluding hydrogens is 172 g/mol. The van der Waals surface area contributed by atoms with Crippen LogP contribution in [0.1, 0.15) is 27.7 Å². The minimum Gasteiger partial charge on any atom is -0.127 e. The Bertz CT molecular complexity index is 249. The van der Waals surface area contributed by atoms with Gasteiger partial charge in [-0.05, 0) is 19.8 Å². The van der Waals surface area contributed by atoms with Crippen LogP contribution in [0.2, 0.25) is 19.6 Å². The number of hydrogen-bond donors (Lipinski definition) is 0. The summed E-state index contributed by atoms with van der Waals surface area (Å²) >= 11 is 0. The van der Waals surface area contributed by atoms with E-state index in [2.05, 4.69) is 58.8 Å². The molecule has 0 radical (unpaired) electrons. The quantitative estimate of drug-likeness (QED) is 0.439. The summed E-state index contributed by atoms with van der Waals surface area (Å²) in [4.78, 5) is 0. The van der Waals surface area contributed by atoms with Crippen LogP contribution in [0.4, 0.5) is 0 Å². The molecule has 1 heteroatoms. The lowest BCUT2D eigenvalue weighted by Gasteiger charge is -2.08. The van der Waals surface area contributed by atoms with Crippen LogP contribution in [0.5, 0.6) is 0 Å². The molecule has 0 rings (SSSR count). The normalized spacial score (nSPS) is 10.8. The lowest BCUT2D eigenvalue weighted by molar-refractivity contribution is 0.787. The van der Waals surface area contributed by atoms with Crippen molar-refractivity contribution in [3.05, 3.63) is 11.1 Å². The molecule has 0 bridgehead atoms. The van der Waals surface area contributed by atoms with E-state index in [1.54, 1.807) is 0 Å². The third-order valence-electron chi connectivity index (χ3n) is 1.69. The first kappa shape index (κ1) is 12.5. The minimum absolute atomic E-state index is 0.564. The first-order valence-corrected chi connectivity index (χ1v) is 8.44. The molecule has 0 aromatic heterocycles. The summed E-state index contributed by atoms with van der Waals surface area (Å²) in [5.41, 5.74) is 6.10. The van der Waals surface area contributed by atoms with Gasteiger partial charge in [0.15, 0.2) is 0 Å². The van der Waals surface area contributed by atoms with E-state index in [4.69, 9.17) is 0 Å². The largest absolute Gasteiger partial charge is 0.129 e. The lowest BCUT2D eigenvalue weighted by atomic mass is 10.00. The van der Waals surface area contributed by atoms with Gasteiger partial charge in [-0.2, -0.15) is 0 Å². The molecule has 0 aliphatic heterocycles. The number of allylic oxidation sites excluding steroid dienone is 2. The highest BCUT2D eigenvalue weighted by Gasteiger charge is 2.08. The van der Waals surface area contributed by atoms with Crippen LogP contribution in [0.15, 0.2) is 11.1 Å². The molecule has 13 heavy (non-hydrogen) atoms. The third kappa shape index (κ3) is 5.71. The molecule has 0 spiro atoms. The highest BCUT2D eigenvalue weighted by molar-refractivity contribution is 6.83. The van der Waals surface area contributed by atoms with Gasteiger partial charge in [-0.25, -0.2) is 0 Å². The standard InChI is InChI=1S/C12H22Si/c1-10(2)12(11(3)4)8-9-13(5,6)7/h10H,1-7H3. The van der Waals surface area contributed by atoms with Crippen LogP contribution >= 0.6 is 0 Å². The Kier molecular flexibility index (Phi) is 4.50. The Morgan fingerprint density at radius 3 is 1.77 bits per heavy atom. The van der Waals surface area contributed by atoms with E-state index in [0.29, 0.717) is 5.92 Å². The highest BCUT2D eigenvalue weighted by Crippen LogP contribution is 2.13. The molecule has 74 valence electrons. The summed E-state index contributed by atoms with van der Waals surface area (Å²) in [5, 5.41) is 0. The molecule has 0 aromatic rings. The Balaban J connectivity index is 4.83. The second-order valence-corrected chi connectivity index (χ2v) is 9.82. The zero-order valence-corrected chi connectivity index (χ0v) is 11.1. The smallest absolute Gasteiger partial charge is 0.127 e. The molecule has 0 amide bonds. The van der Waals surface area contributed by atoms with Gasteiger partial charge in [0.2, 0.25) is 0 Å². The molecule has 0 aliphatic carbocycles. The van der Waals surface area contributed by atoms with Crippen LogP contribution in [-0.2, 0) is 0 Å². The van der Waals surface area contributed by atoms with Crippen molar-refractivity contribution >= 4 is 8.07 Å². The summed E-state index contributed by atoms with van der Waals surface area (Å²) in [6.45, 7) is 15.6. The van der Waals surface area contributed by atoms with Gasteiger partial charge in [0.1, 0.15) is 8.07 Å². The van der Waals surface area contributed by atoms with Crippen LogP contribution in [0.25, 0.3) is 0 Å². The Morgan fingerprint density at radius 1 is 1.08 bits per heavy atom. The van der Waals surface area contributed by atoms with E-state index >= 15 is 0 Å². The second-order valence-electron chi connectivity index (χ2n) is 5.07. The molecule has 0 saturated heterocycles. The molecule has 0 atom stereocenters. The predicted molar refractivity (Wildman–Crippen MR) is 64.3 cm³/mol. The van der Waals surface area contributed by atoms with Crippen molar-refractivity contribution in [2.45, 2.75) is 47.3 Å². The predicted octanol–water partition coefficient (Wildman–Crippen LogP) is 3.86. The second kappa shape index (κ2) is 4.67. The molecule has 0 heterocycles. The van der Waals surface area contributed by atoms with Gasteiger partial charge in [-0.3, -0.25) is 0 Å². The van der Waals surface area contributed by atoms with Gasteiger partial charge in [0, 0.05) is 5.57 Å². The number of hydrogen-bond acceptors (Lipinski definition) is 0. The van der Waals surface area contributed by atoms with Crippen LogP contribution < -0.4 is 0 Å². The lowest BCUT2D eigenvalue weighted by Crippen LogP contribution is -2.16. The third-order valence-corrected chi connectivity index (χ3v) is 2.56. The van der Waals surface area contributed by atoms with E-state index in [-0.39, 0.29) is 0 Å². The Hall–Kier alpha value is -0.483. The molecule has 0 saturated carbocycles. The molecular formula is C12H22Si. The SMILES string of the molecule is CC(C)=C(C#C[Si](C)(C)C)C(C)C. The van der Waals surface area contributed by atoms with Crippen molar-refractivity contribution < 1.29 is 0 Å². The van der Waals surface area contributed by atoms with E-state index < -0.39 is 8.07 Å². The first-order valence-electron chi connectivity index (χ1n) is 4.94. The van der Waals surface area contributed by atoms with Gasteiger partial charge >= 0.3 is 0 Å². The van der Waals surface area contributed by atoms with Crippen LogP contribution in [-0.4, -0.2) is 8.07 Å². The molecule has 0 aromatic carbocycles. The van der Waals surface area contributed by atoms with Crippen molar-refractivity contribution in [1.82, 2.24) is 0 Å². The maximum Gasteiger partial charge on any atom is 0.129 e. The monoisotopic (exact) mass is 194 g/mol. The van der Waals surface area contributed by atoms with Gasteiger partial charge < -0.3 is 0 Å². The van der Waals surface area contributed by atoms with Crippen molar-refractivity contribution in [3.63, 3.8) is 0 Å². The fourth-order valence-corrected chi connectivity index (χ4v) is 1.61. The molecule has 0 nitrogen and oxygen atoms in total. The van der Waals surface area contributed by atoms with Crippen molar-refractivity contribution in [2.75, 3.05) is 0 Å². The van der Waals surface area contributed by atoms with Gasteiger partial charge in [0.05, 0.1) is 0 Å². The van der Waals surface area contributed by atoms with Crippen molar-refractivity contribution in [1.29, 1.82) is 0 Å². The van der Waals surface area contributed by atoms with E-state index in [0.717, 1.165) is 0 Å². The topological polar surface area (TPSA) is 0 Å². The fourth-order valence-electron chi connectivity index (χ4n) is 1.10. The average molecular weight is 194 g/mol. The number of rotatable bonds is 1. The Morgan fingerprint density at radius 2 is 1.54 bits per heavy atom. The van der Waals surface area contributed by atoms with Gasteiger partial charge in [-0.15, -0.1) is 5.54 Å². The van der Waals surface area contributed by atoms with Gasteiger partial charge in [0.25, 0.3) is 0 Å². The van der Waals surface area contributed by atoms with E-state index in [9.17, 15) is 0 Å². The molecule has 0 N–H and O–H groups in total. The van der Waals surface area contributed by atoms with Gasteiger partial charge in [-0.1, -0.05) is 45.0 Å². The first-order chi connectivity index (χ1) is 5.74. The Labute approximate surface area is 84.4 Å². The summed E-state index contributed by atoms with van der Waals surface area (Å²) in [7, 11) is -1.21. The zero-order chi connectivity index (χ0) is 10.6. The molecule has 0 fully saturated rings. The summed E-state index contributed by atoms with van der Waals surface area (Å²) in [6.07, 6.45) is 0. The maximum atomic E-state index is 3.42. The fraction of sp³-hybridized carbons (Fsp3) is 0.667. The van der Waals surface area contributed by atoms with Crippen molar-refractivity contribution in [2.24, 2.45) is 5.92 Å². The van der Waals surface area contributed by atoms with E-state index in [1.807, 2.05) is 0 Å². The molecule has 0 unspecified atom stereocenters. The maximum absolute atomic E-state index is 3.42. The van der Waals surface area contributed by atoms with Crippen LogP contribution in [0.3, 0.4) is 0 Å². The average Bonchev–Trinajstić information content (AvgIpc) is 1.82. The summed E-state index contributed by atoms with van der Waals surface area (Å²) in [6, 6.07) is 0. The van der Waals surface area contributed by atoms with E-state index in [1.165, 1.54) is 11.1 Å². The highest BCUT2D eigenvalue weighted by atomic mass is 28.3. The van der Waals surface area contributed by atoms with Crippen LogP contribution in [0, 0.1) is 17.4 Å². The summed E-state index contributed by atoms with van der Waals surface area (Å²) in [5.74, 6) is 3.91.